The van der Waals surface area contributed by atoms with Crippen molar-refractivity contribution in [2.75, 3.05) is 6.54 Å². The van der Waals surface area contributed by atoms with E-state index in [4.69, 9.17) is 0 Å². The van der Waals surface area contributed by atoms with E-state index < -0.39 is 0 Å². The van der Waals surface area contributed by atoms with Gasteiger partial charge in [-0.1, -0.05) is 25.7 Å². The highest BCUT2D eigenvalue weighted by atomic mass is 32.1. The Bertz CT molecular complexity index is 564. The molecule has 110 valence electrons. The van der Waals surface area contributed by atoms with Crippen LogP contribution in [-0.2, 0) is 6.54 Å². The second-order valence-electron chi connectivity index (χ2n) is 6.11. The highest BCUT2D eigenvalue weighted by Crippen LogP contribution is 2.28. The average Bonchev–Trinajstić information content (AvgIpc) is 3.11. The van der Waals surface area contributed by atoms with Gasteiger partial charge in [0.15, 0.2) is 4.96 Å². The summed E-state index contributed by atoms with van der Waals surface area (Å²) in [6, 6.07) is 0. The zero-order chi connectivity index (χ0) is 13.9. The van der Waals surface area contributed by atoms with Crippen molar-refractivity contribution in [2.45, 2.75) is 58.9 Å². The van der Waals surface area contributed by atoms with Crippen molar-refractivity contribution in [1.29, 1.82) is 0 Å². The van der Waals surface area contributed by atoms with Crippen LogP contribution in [-0.4, -0.2) is 15.9 Å². The van der Waals surface area contributed by atoms with E-state index in [0.717, 1.165) is 24.0 Å². The normalized spacial score (nSPS) is 16.5. The molecule has 0 saturated heterocycles. The van der Waals surface area contributed by atoms with E-state index in [1.807, 2.05) is 0 Å². The van der Waals surface area contributed by atoms with E-state index >= 15 is 0 Å². The predicted octanol–water partition coefficient (Wildman–Crippen LogP) is 4.07. The number of hydrogen-bond acceptors (Lipinski definition) is 3. The first kappa shape index (κ1) is 14.1. The molecule has 0 atom stereocenters. The molecule has 3 nitrogen and oxygen atoms in total. The number of aromatic nitrogens is 2. The monoisotopic (exact) mass is 291 g/mol. The topological polar surface area (TPSA) is 29.3 Å². The van der Waals surface area contributed by atoms with Crippen LogP contribution in [0.2, 0.25) is 0 Å². The highest BCUT2D eigenvalue weighted by Gasteiger charge is 2.14. The van der Waals surface area contributed by atoms with Crippen molar-refractivity contribution in [3.05, 3.63) is 22.5 Å². The summed E-state index contributed by atoms with van der Waals surface area (Å²) in [5.41, 5.74) is 3.80. The molecule has 0 radical (unpaired) electrons. The van der Waals surface area contributed by atoms with Crippen LogP contribution in [0.25, 0.3) is 4.96 Å². The molecule has 20 heavy (non-hydrogen) atoms. The molecule has 0 aliphatic heterocycles. The molecule has 0 aromatic carbocycles. The molecule has 0 spiro atoms. The van der Waals surface area contributed by atoms with Crippen LogP contribution in [0.3, 0.4) is 0 Å². The Morgan fingerprint density at radius 1 is 1.35 bits per heavy atom. The molecule has 1 fully saturated rings. The van der Waals surface area contributed by atoms with Crippen LogP contribution in [0.15, 0.2) is 5.38 Å². The molecular formula is C16H25N3S. The van der Waals surface area contributed by atoms with Gasteiger partial charge in [-0.05, 0) is 39.2 Å². The molecule has 0 unspecified atom stereocenters. The first-order chi connectivity index (χ1) is 9.75. The summed E-state index contributed by atoms with van der Waals surface area (Å²) in [6.07, 6.45) is 8.58. The number of thiazole rings is 1. The summed E-state index contributed by atoms with van der Waals surface area (Å²) in [4.78, 5) is 5.76. The lowest BCUT2D eigenvalue weighted by molar-refractivity contribution is 0.469. The lowest BCUT2D eigenvalue weighted by Crippen LogP contribution is -2.17. The Kier molecular flexibility index (Phi) is 4.41. The van der Waals surface area contributed by atoms with Gasteiger partial charge in [-0.3, -0.25) is 4.40 Å². The minimum Gasteiger partial charge on any atom is -0.311 e. The van der Waals surface area contributed by atoms with Crippen LogP contribution >= 0.6 is 11.3 Å². The number of fused-ring (bicyclic) bond motifs is 1. The van der Waals surface area contributed by atoms with Crippen molar-refractivity contribution in [3.8, 4) is 0 Å². The van der Waals surface area contributed by atoms with Gasteiger partial charge in [0.05, 0.1) is 11.4 Å². The molecule has 0 bridgehead atoms. The minimum atomic E-state index is 0.940. The molecule has 2 heterocycles. The van der Waals surface area contributed by atoms with Gasteiger partial charge in [0.25, 0.3) is 0 Å². The van der Waals surface area contributed by atoms with Gasteiger partial charge < -0.3 is 5.32 Å². The first-order valence-electron chi connectivity index (χ1n) is 7.88. The van der Waals surface area contributed by atoms with Gasteiger partial charge in [-0.15, -0.1) is 11.3 Å². The molecule has 1 N–H and O–H groups in total. The summed E-state index contributed by atoms with van der Waals surface area (Å²) in [7, 11) is 0. The molecule has 2 aromatic heterocycles. The summed E-state index contributed by atoms with van der Waals surface area (Å²) in [5.74, 6) is 1.01. The van der Waals surface area contributed by atoms with Crippen LogP contribution in [0.4, 0.5) is 0 Å². The summed E-state index contributed by atoms with van der Waals surface area (Å²) in [6.45, 7) is 6.35. The largest absolute Gasteiger partial charge is 0.311 e. The van der Waals surface area contributed by atoms with E-state index in [0.29, 0.717) is 0 Å². The third kappa shape index (κ3) is 2.91. The van der Waals surface area contributed by atoms with Crippen LogP contribution < -0.4 is 5.32 Å². The summed E-state index contributed by atoms with van der Waals surface area (Å²) < 4.78 is 2.30. The summed E-state index contributed by atoms with van der Waals surface area (Å²) >= 11 is 1.73. The fourth-order valence-electron chi connectivity index (χ4n) is 3.40. The third-order valence-corrected chi connectivity index (χ3v) is 5.51. The average molecular weight is 291 g/mol. The van der Waals surface area contributed by atoms with E-state index in [1.54, 1.807) is 11.3 Å². The molecule has 4 heteroatoms. The van der Waals surface area contributed by atoms with Gasteiger partial charge in [0.2, 0.25) is 0 Å². The van der Waals surface area contributed by atoms with Crippen molar-refractivity contribution >= 4 is 16.3 Å². The van der Waals surface area contributed by atoms with E-state index in [9.17, 15) is 0 Å². The lowest BCUT2D eigenvalue weighted by Gasteiger charge is -2.09. The maximum atomic E-state index is 4.64. The van der Waals surface area contributed by atoms with Gasteiger partial charge in [-0.2, -0.15) is 0 Å². The van der Waals surface area contributed by atoms with Crippen molar-refractivity contribution in [2.24, 2.45) is 5.92 Å². The van der Waals surface area contributed by atoms with Gasteiger partial charge in [-0.25, -0.2) is 4.98 Å². The van der Waals surface area contributed by atoms with Crippen LogP contribution in [0.5, 0.6) is 0 Å². The molecule has 0 amide bonds. The third-order valence-electron chi connectivity index (χ3n) is 4.56. The SMILES string of the molecule is Cc1nc2scc(C)n2c1CNCCCC1CCCC1. The second kappa shape index (κ2) is 6.27. The Morgan fingerprint density at radius 2 is 2.15 bits per heavy atom. The van der Waals surface area contributed by atoms with Crippen LogP contribution in [0.1, 0.15) is 55.6 Å². The number of rotatable bonds is 6. The number of nitrogens with zero attached hydrogens (tertiary/aromatic N) is 2. The smallest absolute Gasteiger partial charge is 0.194 e. The molecule has 1 saturated carbocycles. The Balaban J connectivity index is 1.49. The molecule has 1 aliphatic carbocycles. The fourth-order valence-corrected chi connectivity index (χ4v) is 4.33. The van der Waals surface area contributed by atoms with Gasteiger partial charge in [0, 0.05) is 17.6 Å². The number of imidazole rings is 1. The Morgan fingerprint density at radius 3 is 2.95 bits per heavy atom. The summed E-state index contributed by atoms with van der Waals surface area (Å²) in [5, 5.41) is 5.79. The molecule has 1 aliphatic rings. The van der Waals surface area contributed by atoms with Gasteiger partial charge >= 0.3 is 0 Å². The quantitative estimate of drug-likeness (QED) is 0.813. The number of nitrogens with one attached hydrogen (secondary N) is 1. The van der Waals surface area contributed by atoms with Crippen molar-refractivity contribution < 1.29 is 0 Å². The zero-order valence-electron chi connectivity index (χ0n) is 12.6. The first-order valence-corrected chi connectivity index (χ1v) is 8.76. The van der Waals surface area contributed by atoms with Crippen molar-refractivity contribution in [1.82, 2.24) is 14.7 Å². The maximum absolute atomic E-state index is 4.64. The number of aryl methyl sites for hydroxylation is 2. The van der Waals surface area contributed by atoms with E-state index in [1.165, 1.54) is 55.6 Å². The minimum absolute atomic E-state index is 0.940. The highest BCUT2D eigenvalue weighted by molar-refractivity contribution is 7.15. The Labute approximate surface area is 125 Å². The van der Waals surface area contributed by atoms with E-state index in [-0.39, 0.29) is 0 Å². The molecule has 2 aromatic rings. The zero-order valence-corrected chi connectivity index (χ0v) is 13.4. The number of hydrogen-bond donors (Lipinski definition) is 1. The molecular weight excluding hydrogens is 266 g/mol. The predicted molar refractivity (Wildman–Crippen MR) is 85.4 cm³/mol. The van der Waals surface area contributed by atoms with Crippen molar-refractivity contribution in [3.63, 3.8) is 0 Å². The standard InChI is InChI=1S/C16H25N3S/c1-12-11-20-16-18-13(2)15(19(12)16)10-17-9-5-8-14-6-3-4-7-14/h11,14,17H,3-10H2,1-2H3. The molecule has 3 rings (SSSR count). The second-order valence-corrected chi connectivity index (χ2v) is 6.95. The van der Waals surface area contributed by atoms with E-state index in [2.05, 4.69) is 33.9 Å². The Hall–Kier alpha value is -0.870. The maximum Gasteiger partial charge on any atom is 0.194 e. The fraction of sp³-hybridized carbons (Fsp3) is 0.688. The van der Waals surface area contributed by atoms with Gasteiger partial charge in [0.1, 0.15) is 0 Å². The lowest BCUT2D eigenvalue weighted by atomic mass is 10.0. The van der Waals surface area contributed by atoms with Crippen LogP contribution in [0, 0.1) is 19.8 Å².